The van der Waals surface area contributed by atoms with Crippen LogP contribution in [0, 0.1) is 5.92 Å². The van der Waals surface area contributed by atoms with E-state index >= 15 is 0 Å². The summed E-state index contributed by atoms with van der Waals surface area (Å²) in [4.78, 5) is 27.1. The lowest BCUT2D eigenvalue weighted by atomic mass is 9.96. The highest BCUT2D eigenvalue weighted by Gasteiger charge is 2.22. The molecule has 0 aliphatic carbocycles. The van der Waals surface area contributed by atoms with Crippen molar-refractivity contribution in [3.63, 3.8) is 0 Å². The number of hydrogen-bond donors (Lipinski definition) is 2. The Labute approximate surface area is 198 Å². The first kappa shape index (κ1) is 23.9. The molecule has 0 saturated carbocycles. The van der Waals surface area contributed by atoms with Gasteiger partial charge in [0, 0.05) is 23.7 Å². The lowest BCUT2D eigenvalue weighted by Gasteiger charge is -2.32. The maximum Gasteiger partial charge on any atom is 0.251 e. The highest BCUT2D eigenvalue weighted by molar-refractivity contribution is 6.42. The van der Waals surface area contributed by atoms with Gasteiger partial charge in [-0.25, -0.2) is 0 Å². The van der Waals surface area contributed by atoms with E-state index in [1.54, 1.807) is 19.1 Å². The summed E-state index contributed by atoms with van der Waals surface area (Å²) in [7, 11) is 0. The van der Waals surface area contributed by atoms with Crippen molar-refractivity contribution in [2.24, 2.45) is 5.92 Å². The van der Waals surface area contributed by atoms with E-state index in [2.05, 4.69) is 21.6 Å². The predicted molar refractivity (Wildman–Crippen MR) is 126 cm³/mol. The van der Waals surface area contributed by atoms with Gasteiger partial charge in [0.15, 0.2) is 0 Å². The van der Waals surface area contributed by atoms with Gasteiger partial charge in [-0.3, -0.25) is 14.5 Å². The predicted octanol–water partition coefficient (Wildman–Crippen LogP) is 4.79. The molecule has 166 valence electrons. The number of nitrogens with zero attached hydrogens (tertiary/aromatic N) is 1. The monoisotopic (exact) mass is 481 g/mol. The number of amides is 2. The molecule has 2 N–H and O–H groups in total. The highest BCUT2D eigenvalue weighted by atomic mass is 35.5. The summed E-state index contributed by atoms with van der Waals surface area (Å²) in [6.45, 7) is 5.05. The minimum Gasteiger partial charge on any atom is -0.354 e. The van der Waals surface area contributed by atoms with E-state index in [9.17, 15) is 9.59 Å². The van der Waals surface area contributed by atoms with Crippen molar-refractivity contribution >= 4 is 46.6 Å². The first-order chi connectivity index (χ1) is 14.8. The number of nitrogens with one attached hydrogen (secondary N) is 2. The minimum atomic E-state index is -0.651. The van der Waals surface area contributed by atoms with E-state index in [-0.39, 0.29) is 11.8 Å². The summed E-state index contributed by atoms with van der Waals surface area (Å²) in [6.07, 6.45) is 2.02. The van der Waals surface area contributed by atoms with E-state index in [1.807, 2.05) is 18.2 Å². The number of benzene rings is 2. The zero-order valence-electron chi connectivity index (χ0n) is 17.3. The third-order valence-corrected chi connectivity index (χ3v) is 6.65. The molecule has 1 fully saturated rings. The van der Waals surface area contributed by atoms with Gasteiger partial charge >= 0.3 is 0 Å². The topological polar surface area (TPSA) is 61.4 Å². The molecule has 1 heterocycles. The lowest BCUT2D eigenvalue weighted by molar-refractivity contribution is -0.122. The number of likely N-dealkylation sites (tertiary alicyclic amines) is 1. The highest BCUT2D eigenvalue weighted by Crippen LogP contribution is 2.23. The van der Waals surface area contributed by atoms with E-state index in [0.29, 0.717) is 28.1 Å². The van der Waals surface area contributed by atoms with Crippen LogP contribution in [0.4, 0.5) is 0 Å². The average Bonchev–Trinajstić information content (AvgIpc) is 2.76. The fourth-order valence-electron chi connectivity index (χ4n) is 3.60. The summed E-state index contributed by atoms with van der Waals surface area (Å²) in [5.41, 5.74) is 1.50. The molecule has 31 heavy (non-hydrogen) atoms. The molecule has 8 heteroatoms. The first-order valence-electron chi connectivity index (χ1n) is 10.3. The number of rotatable bonds is 7. The van der Waals surface area contributed by atoms with Gasteiger partial charge in [-0.15, -0.1) is 0 Å². The molecule has 2 aromatic carbocycles. The smallest absolute Gasteiger partial charge is 0.251 e. The van der Waals surface area contributed by atoms with Crippen molar-refractivity contribution < 1.29 is 9.59 Å². The van der Waals surface area contributed by atoms with E-state index < -0.39 is 6.04 Å². The molecule has 2 aromatic rings. The molecule has 0 spiro atoms. The minimum absolute atomic E-state index is 0.202. The van der Waals surface area contributed by atoms with Gasteiger partial charge in [0.1, 0.15) is 6.04 Å². The average molecular weight is 483 g/mol. The molecule has 1 saturated heterocycles. The van der Waals surface area contributed by atoms with E-state index in [0.717, 1.165) is 43.1 Å². The number of hydrogen-bond acceptors (Lipinski definition) is 3. The molecule has 0 aromatic heterocycles. The van der Waals surface area contributed by atoms with Crippen LogP contribution in [-0.4, -0.2) is 42.4 Å². The molecular weight excluding hydrogens is 457 g/mol. The summed E-state index contributed by atoms with van der Waals surface area (Å²) in [6, 6.07) is 11.9. The summed E-state index contributed by atoms with van der Waals surface area (Å²) < 4.78 is 0. The van der Waals surface area contributed by atoms with Crippen LogP contribution in [0.3, 0.4) is 0 Å². The van der Waals surface area contributed by atoms with Crippen molar-refractivity contribution in [1.82, 2.24) is 15.5 Å². The van der Waals surface area contributed by atoms with Gasteiger partial charge in [0.25, 0.3) is 5.91 Å². The van der Waals surface area contributed by atoms with Crippen molar-refractivity contribution in [2.45, 2.75) is 32.4 Å². The Morgan fingerprint density at radius 1 is 1.03 bits per heavy atom. The second-order valence-electron chi connectivity index (χ2n) is 7.88. The number of carbonyl (C=O) groups is 2. The van der Waals surface area contributed by atoms with Crippen LogP contribution in [0.2, 0.25) is 15.1 Å². The maximum absolute atomic E-state index is 12.4. The van der Waals surface area contributed by atoms with Crippen LogP contribution in [0.25, 0.3) is 0 Å². The van der Waals surface area contributed by atoms with Gasteiger partial charge in [-0.1, -0.05) is 53.0 Å². The number of carbonyl (C=O) groups excluding carboxylic acids is 2. The van der Waals surface area contributed by atoms with Crippen LogP contribution >= 0.6 is 34.8 Å². The van der Waals surface area contributed by atoms with Gasteiger partial charge in [0.2, 0.25) is 5.91 Å². The van der Waals surface area contributed by atoms with Crippen molar-refractivity contribution in [3.8, 4) is 0 Å². The van der Waals surface area contributed by atoms with Crippen molar-refractivity contribution in [3.05, 3.63) is 68.7 Å². The SMILES string of the molecule is C[C@H](NC(=O)c1ccc(Cl)c(Cl)c1)C(=O)NCC1CCN(Cc2ccccc2Cl)CC1. The Morgan fingerprint density at radius 2 is 1.74 bits per heavy atom. The largest absolute Gasteiger partial charge is 0.354 e. The second-order valence-corrected chi connectivity index (χ2v) is 9.10. The van der Waals surface area contributed by atoms with Crippen LogP contribution in [0.5, 0.6) is 0 Å². The van der Waals surface area contributed by atoms with Gasteiger partial charge in [0.05, 0.1) is 10.0 Å². The summed E-state index contributed by atoms with van der Waals surface area (Å²) in [5.74, 6) is -0.148. The van der Waals surface area contributed by atoms with Crippen LogP contribution in [0.15, 0.2) is 42.5 Å². The quantitative estimate of drug-likeness (QED) is 0.596. The molecule has 3 rings (SSSR count). The van der Waals surface area contributed by atoms with Crippen LogP contribution in [0.1, 0.15) is 35.7 Å². The fourth-order valence-corrected chi connectivity index (χ4v) is 4.09. The molecule has 0 unspecified atom stereocenters. The number of halogens is 3. The normalized spacial score (nSPS) is 16.0. The number of piperidine rings is 1. The Hall–Kier alpha value is -1.79. The van der Waals surface area contributed by atoms with Gasteiger partial charge in [-0.05, 0) is 68.6 Å². The third-order valence-electron chi connectivity index (χ3n) is 5.55. The molecule has 1 aliphatic rings. The second kappa shape index (κ2) is 11.2. The maximum atomic E-state index is 12.4. The third kappa shape index (κ3) is 6.84. The summed E-state index contributed by atoms with van der Waals surface area (Å²) >= 11 is 18.1. The zero-order chi connectivity index (χ0) is 22.4. The fraction of sp³-hybridized carbons (Fsp3) is 0.391. The molecule has 0 bridgehead atoms. The van der Waals surface area contributed by atoms with Crippen molar-refractivity contribution in [1.29, 1.82) is 0 Å². The zero-order valence-corrected chi connectivity index (χ0v) is 19.6. The molecule has 0 radical (unpaired) electrons. The Kier molecular flexibility index (Phi) is 8.61. The molecule has 5 nitrogen and oxygen atoms in total. The van der Waals surface area contributed by atoms with E-state index in [1.165, 1.54) is 6.07 Å². The molecular formula is C23H26Cl3N3O2. The van der Waals surface area contributed by atoms with Crippen LogP contribution in [-0.2, 0) is 11.3 Å². The Bertz CT molecular complexity index is 930. The molecule has 1 aliphatic heterocycles. The molecule has 1 atom stereocenters. The first-order valence-corrected chi connectivity index (χ1v) is 11.5. The van der Waals surface area contributed by atoms with E-state index in [4.69, 9.17) is 34.8 Å². The Balaban J connectivity index is 1.40. The van der Waals surface area contributed by atoms with Gasteiger partial charge < -0.3 is 10.6 Å². The molecule has 2 amide bonds. The standard InChI is InChI=1S/C23H26Cl3N3O2/c1-15(28-23(31)17-6-7-20(25)21(26)12-17)22(30)27-13-16-8-10-29(11-9-16)14-18-4-2-3-5-19(18)24/h2-7,12,15-16H,8-11,13-14H2,1H3,(H,27,30)(H,28,31)/t15-/m0/s1. The van der Waals surface area contributed by atoms with Crippen LogP contribution < -0.4 is 10.6 Å². The Morgan fingerprint density at radius 3 is 2.42 bits per heavy atom. The van der Waals surface area contributed by atoms with Crippen molar-refractivity contribution in [2.75, 3.05) is 19.6 Å². The lowest BCUT2D eigenvalue weighted by Crippen LogP contribution is -2.47. The summed E-state index contributed by atoms with van der Waals surface area (Å²) in [5, 5.41) is 7.13. The van der Waals surface area contributed by atoms with Gasteiger partial charge in [-0.2, -0.15) is 0 Å².